The van der Waals surface area contributed by atoms with Crippen molar-refractivity contribution in [3.8, 4) is 0 Å². The van der Waals surface area contributed by atoms with Crippen LogP contribution in [-0.2, 0) is 4.74 Å². The van der Waals surface area contributed by atoms with Crippen molar-refractivity contribution in [3.63, 3.8) is 0 Å². The third-order valence-electron chi connectivity index (χ3n) is 2.35. The third-order valence-corrected chi connectivity index (χ3v) is 2.35. The van der Waals surface area contributed by atoms with Gasteiger partial charge in [-0.05, 0) is 39.5 Å². The highest BCUT2D eigenvalue weighted by Gasteiger charge is 2.41. The summed E-state index contributed by atoms with van der Waals surface area (Å²) in [4.78, 5) is 0. The first-order chi connectivity index (χ1) is 5.08. The molecule has 0 aromatic heterocycles. The van der Waals surface area contributed by atoms with Gasteiger partial charge in [-0.2, -0.15) is 0 Å². The molecular formula is C9H19NO. The SMILES string of the molecule is CC(C)OC(C)(CN)C1CC1. The maximum Gasteiger partial charge on any atom is 0.0807 e. The fourth-order valence-corrected chi connectivity index (χ4v) is 1.54. The highest BCUT2D eigenvalue weighted by molar-refractivity contribution is 4.93. The van der Waals surface area contributed by atoms with Crippen molar-refractivity contribution < 1.29 is 4.74 Å². The molecule has 1 unspecified atom stereocenters. The monoisotopic (exact) mass is 157 g/mol. The molecule has 0 heterocycles. The largest absolute Gasteiger partial charge is 0.371 e. The second-order valence-corrected chi connectivity index (χ2v) is 3.96. The first kappa shape index (κ1) is 9.01. The molecule has 1 fully saturated rings. The lowest BCUT2D eigenvalue weighted by Gasteiger charge is -2.30. The molecule has 2 nitrogen and oxygen atoms in total. The van der Waals surface area contributed by atoms with Crippen LogP contribution in [0.15, 0.2) is 0 Å². The van der Waals surface area contributed by atoms with Gasteiger partial charge in [0.05, 0.1) is 11.7 Å². The molecule has 0 bridgehead atoms. The fraction of sp³-hybridized carbons (Fsp3) is 1.00. The van der Waals surface area contributed by atoms with E-state index < -0.39 is 0 Å². The highest BCUT2D eigenvalue weighted by atomic mass is 16.5. The normalized spacial score (nSPS) is 23.7. The fourth-order valence-electron chi connectivity index (χ4n) is 1.54. The molecule has 66 valence electrons. The van der Waals surface area contributed by atoms with Gasteiger partial charge in [-0.25, -0.2) is 0 Å². The van der Waals surface area contributed by atoms with E-state index >= 15 is 0 Å². The topological polar surface area (TPSA) is 35.2 Å². The number of nitrogens with two attached hydrogens (primary N) is 1. The third kappa shape index (κ3) is 2.17. The number of hydrogen-bond donors (Lipinski definition) is 1. The molecule has 0 radical (unpaired) electrons. The van der Waals surface area contributed by atoms with Crippen LogP contribution in [0.4, 0.5) is 0 Å². The van der Waals surface area contributed by atoms with Crippen LogP contribution in [0.5, 0.6) is 0 Å². The lowest BCUT2D eigenvalue weighted by Crippen LogP contribution is -2.41. The van der Waals surface area contributed by atoms with E-state index in [4.69, 9.17) is 10.5 Å². The van der Waals surface area contributed by atoms with Crippen LogP contribution in [0, 0.1) is 5.92 Å². The zero-order valence-corrected chi connectivity index (χ0v) is 7.76. The molecule has 1 aliphatic carbocycles. The molecule has 2 heteroatoms. The van der Waals surface area contributed by atoms with Crippen molar-refractivity contribution in [3.05, 3.63) is 0 Å². The predicted molar refractivity (Wildman–Crippen MR) is 46.4 cm³/mol. The van der Waals surface area contributed by atoms with Gasteiger partial charge in [0.1, 0.15) is 0 Å². The van der Waals surface area contributed by atoms with Gasteiger partial charge in [-0.3, -0.25) is 0 Å². The van der Waals surface area contributed by atoms with Crippen molar-refractivity contribution in [1.29, 1.82) is 0 Å². The van der Waals surface area contributed by atoms with Gasteiger partial charge < -0.3 is 10.5 Å². The number of rotatable bonds is 4. The van der Waals surface area contributed by atoms with Gasteiger partial charge >= 0.3 is 0 Å². The van der Waals surface area contributed by atoms with Crippen LogP contribution in [0.3, 0.4) is 0 Å². The Hall–Kier alpha value is -0.0800. The van der Waals surface area contributed by atoms with Gasteiger partial charge in [-0.15, -0.1) is 0 Å². The van der Waals surface area contributed by atoms with E-state index in [0.717, 1.165) is 5.92 Å². The summed E-state index contributed by atoms with van der Waals surface area (Å²) in [5.74, 6) is 0.717. The molecule has 0 amide bonds. The molecule has 0 saturated heterocycles. The van der Waals surface area contributed by atoms with Gasteiger partial charge in [0.2, 0.25) is 0 Å². The van der Waals surface area contributed by atoms with Crippen LogP contribution >= 0.6 is 0 Å². The van der Waals surface area contributed by atoms with E-state index in [9.17, 15) is 0 Å². The summed E-state index contributed by atoms with van der Waals surface area (Å²) in [6.45, 7) is 6.91. The Morgan fingerprint density at radius 1 is 1.55 bits per heavy atom. The standard InChI is InChI=1S/C9H19NO/c1-7(2)11-9(3,6-10)8-4-5-8/h7-8H,4-6,10H2,1-3H3. The van der Waals surface area contributed by atoms with Gasteiger partial charge in [0, 0.05) is 6.54 Å². The highest BCUT2D eigenvalue weighted by Crippen LogP contribution is 2.41. The summed E-state index contributed by atoms with van der Waals surface area (Å²) >= 11 is 0. The molecule has 11 heavy (non-hydrogen) atoms. The first-order valence-electron chi connectivity index (χ1n) is 4.46. The Morgan fingerprint density at radius 2 is 2.09 bits per heavy atom. The molecule has 2 N–H and O–H groups in total. The lowest BCUT2D eigenvalue weighted by molar-refractivity contribution is -0.0759. The van der Waals surface area contributed by atoms with E-state index in [1.54, 1.807) is 0 Å². The average Bonchev–Trinajstić information content (AvgIpc) is 2.66. The molecule has 0 aliphatic heterocycles. The molecule has 1 saturated carbocycles. The zero-order chi connectivity index (χ0) is 8.48. The van der Waals surface area contributed by atoms with Crippen molar-refractivity contribution in [2.24, 2.45) is 11.7 Å². The van der Waals surface area contributed by atoms with Crippen molar-refractivity contribution in [2.75, 3.05) is 6.54 Å². The van der Waals surface area contributed by atoms with Crippen LogP contribution in [-0.4, -0.2) is 18.2 Å². The van der Waals surface area contributed by atoms with Crippen LogP contribution in [0.25, 0.3) is 0 Å². The smallest absolute Gasteiger partial charge is 0.0807 e. The Labute approximate surface area is 69.1 Å². The minimum Gasteiger partial charge on any atom is -0.371 e. The van der Waals surface area contributed by atoms with Crippen LogP contribution < -0.4 is 5.73 Å². The lowest BCUT2D eigenvalue weighted by atomic mass is 10.0. The summed E-state index contributed by atoms with van der Waals surface area (Å²) < 4.78 is 5.79. The van der Waals surface area contributed by atoms with E-state index in [0.29, 0.717) is 12.6 Å². The van der Waals surface area contributed by atoms with Crippen LogP contribution in [0.2, 0.25) is 0 Å². The average molecular weight is 157 g/mol. The Morgan fingerprint density at radius 3 is 2.36 bits per heavy atom. The van der Waals surface area contributed by atoms with Crippen molar-refractivity contribution in [2.45, 2.75) is 45.3 Å². The Kier molecular flexibility index (Phi) is 2.55. The second kappa shape index (κ2) is 3.11. The molecular weight excluding hydrogens is 138 g/mol. The second-order valence-electron chi connectivity index (χ2n) is 3.96. The molecule has 1 aliphatic rings. The maximum atomic E-state index is 5.79. The van der Waals surface area contributed by atoms with E-state index in [-0.39, 0.29) is 5.60 Å². The predicted octanol–water partition coefficient (Wildman–Crippen LogP) is 1.54. The summed E-state index contributed by atoms with van der Waals surface area (Å²) in [6, 6.07) is 0. The summed E-state index contributed by atoms with van der Waals surface area (Å²) in [5.41, 5.74) is 5.62. The maximum absolute atomic E-state index is 5.79. The number of ether oxygens (including phenoxy) is 1. The molecule has 0 aromatic carbocycles. The summed E-state index contributed by atoms with van der Waals surface area (Å²) in [5, 5.41) is 0. The summed E-state index contributed by atoms with van der Waals surface area (Å²) in [7, 11) is 0. The molecule has 0 aromatic rings. The quantitative estimate of drug-likeness (QED) is 0.672. The molecule has 0 spiro atoms. The van der Waals surface area contributed by atoms with Gasteiger partial charge in [0.25, 0.3) is 0 Å². The Bertz CT molecular complexity index is 132. The summed E-state index contributed by atoms with van der Waals surface area (Å²) in [6.07, 6.45) is 2.88. The van der Waals surface area contributed by atoms with Crippen LogP contribution in [0.1, 0.15) is 33.6 Å². The number of hydrogen-bond acceptors (Lipinski definition) is 2. The van der Waals surface area contributed by atoms with Gasteiger partial charge in [-0.1, -0.05) is 0 Å². The van der Waals surface area contributed by atoms with E-state index in [1.807, 2.05) is 0 Å². The van der Waals surface area contributed by atoms with Crippen molar-refractivity contribution in [1.82, 2.24) is 0 Å². The van der Waals surface area contributed by atoms with Gasteiger partial charge in [0.15, 0.2) is 0 Å². The van der Waals surface area contributed by atoms with E-state index in [1.165, 1.54) is 12.8 Å². The minimum absolute atomic E-state index is 0.0475. The molecule has 1 atom stereocenters. The Balaban J connectivity index is 2.44. The first-order valence-corrected chi connectivity index (χ1v) is 4.46. The molecule has 1 rings (SSSR count). The van der Waals surface area contributed by atoms with E-state index in [2.05, 4.69) is 20.8 Å². The van der Waals surface area contributed by atoms with Crippen molar-refractivity contribution >= 4 is 0 Å². The zero-order valence-electron chi connectivity index (χ0n) is 7.76. The minimum atomic E-state index is -0.0475.